The van der Waals surface area contributed by atoms with Gasteiger partial charge in [-0.25, -0.2) is 9.37 Å². The number of hydrogen-bond donors (Lipinski definition) is 1. The fraction of sp³-hybridized carbons (Fsp3) is 0.500. The first-order valence-electron chi connectivity index (χ1n) is 9.32. The van der Waals surface area contributed by atoms with E-state index in [1.807, 2.05) is 25.7 Å². The van der Waals surface area contributed by atoms with Gasteiger partial charge in [0.25, 0.3) is 0 Å². The Bertz CT molecular complexity index is 902. The van der Waals surface area contributed by atoms with Gasteiger partial charge < -0.3 is 10.2 Å². The number of anilines is 2. The Morgan fingerprint density at radius 2 is 2.00 bits per heavy atom. The molecule has 3 rings (SSSR count). The molecule has 0 spiro atoms. The standard InChI is InChI=1S/C20H23F4N3OS/c1-19(2,3)10-17(28)26-18-13(21)9-15-14(25-18)5-4-8-27(15)11-12-6-7-16(29-12)20(22,23)24/h6-7,9H,4-5,8,10-11H2,1-3H3,(H,25,26,28). The van der Waals surface area contributed by atoms with Crippen LogP contribution in [0.4, 0.5) is 29.1 Å². The Hall–Kier alpha value is -2.16. The van der Waals surface area contributed by atoms with Gasteiger partial charge in [-0.15, -0.1) is 11.3 Å². The summed E-state index contributed by atoms with van der Waals surface area (Å²) < 4.78 is 53.1. The maximum absolute atomic E-state index is 14.6. The van der Waals surface area contributed by atoms with Crippen LogP contribution in [0.1, 0.15) is 49.1 Å². The van der Waals surface area contributed by atoms with E-state index in [1.165, 1.54) is 12.1 Å². The Morgan fingerprint density at radius 3 is 2.62 bits per heavy atom. The summed E-state index contributed by atoms with van der Waals surface area (Å²) >= 11 is 0.691. The maximum Gasteiger partial charge on any atom is 0.425 e. The van der Waals surface area contributed by atoms with E-state index >= 15 is 0 Å². The van der Waals surface area contributed by atoms with Crippen LogP contribution in [0.15, 0.2) is 18.2 Å². The maximum atomic E-state index is 14.6. The molecule has 2 aromatic rings. The normalized spacial score (nSPS) is 14.7. The zero-order valence-electron chi connectivity index (χ0n) is 16.5. The highest BCUT2D eigenvalue weighted by molar-refractivity contribution is 7.12. The topological polar surface area (TPSA) is 45.2 Å². The SMILES string of the molecule is CC(C)(C)CC(=O)Nc1nc2c(cc1F)N(Cc1ccc(C(F)(F)F)s1)CCC2. The molecule has 3 heterocycles. The van der Waals surface area contributed by atoms with Crippen LogP contribution in [0.3, 0.4) is 0 Å². The van der Waals surface area contributed by atoms with Crippen LogP contribution in [-0.2, 0) is 23.9 Å². The third-order valence-electron chi connectivity index (χ3n) is 4.45. The quantitative estimate of drug-likeness (QED) is 0.641. The number of thiophene rings is 1. The van der Waals surface area contributed by atoms with E-state index in [0.717, 1.165) is 12.5 Å². The average molecular weight is 429 g/mol. The van der Waals surface area contributed by atoms with Gasteiger partial charge in [0, 0.05) is 23.9 Å². The molecule has 0 radical (unpaired) electrons. The molecule has 1 N–H and O–H groups in total. The first kappa shape index (κ1) is 21.5. The monoisotopic (exact) mass is 429 g/mol. The molecule has 2 aromatic heterocycles. The van der Waals surface area contributed by atoms with Crippen LogP contribution in [-0.4, -0.2) is 17.4 Å². The minimum atomic E-state index is -4.36. The molecule has 158 valence electrons. The number of alkyl halides is 3. The number of aromatic nitrogens is 1. The zero-order chi connectivity index (χ0) is 21.4. The van der Waals surface area contributed by atoms with Crippen molar-refractivity contribution in [3.63, 3.8) is 0 Å². The lowest BCUT2D eigenvalue weighted by Crippen LogP contribution is -2.30. The highest BCUT2D eigenvalue weighted by atomic mass is 32.1. The fourth-order valence-corrected chi connectivity index (χ4v) is 4.14. The summed E-state index contributed by atoms with van der Waals surface area (Å²) in [5.41, 5.74) is 0.961. The van der Waals surface area contributed by atoms with Gasteiger partial charge in [-0.2, -0.15) is 13.2 Å². The Balaban J connectivity index is 1.78. The minimum absolute atomic E-state index is 0.102. The molecular weight excluding hydrogens is 406 g/mol. The van der Waals surface area contributed by atoms with Gasteiger partial charge >= 0.3 is 6.18 Å². The Kier molecular flexibility index (Phi) is 5.89. The number of carbonyl (C=O) groups excluding carboxylic acids is 1. The van der Waals surface area contributed by atoms with E-state index < -0.39 is 16.9 Å². The van der Waals surface area contributed by atoms with E-state index in [0.29, 0.717) is 40.6 Å². The first-order chi connectivity index (χ1) is 13.4. The average Bonchev–Trinajstić information content (AvgIpc) is 3.03. The highest BCUT2D eigenvalue weighted by Gasteiger charge is 2.32. The van der Waals surface area contributed by atoms with Crippen LogP contribution in [0, 0.1) is 11.2 Å². The fourth-order valence-electron chi connectivity index (χ4n) is 3.25. The van der Waals surface area contributed by atoms with E-state index in [2.05, 4.69) is 10.3 Å². The molecule has 0 atom stereocenters. The molecule has 0 saturated carbocycles. The van der Waals surface area contributed by atoms with E-state index in [4.69, 9.17) is 0 Å². The van der Waals surface area contributed by atoms with Crippen molar-refractivity contribution in [1.29, 1.82) is 0 Å². The third-order valence-corrected chi connectivity index (χ3v) is 5.57. The predicted octanol–water partition coefficient (Wildman–Crippen LogP) is 5.63. The molecule has 1 amide bonds. The van der Waals surface area contributed by atoms with Gasteiger partial charge in [-0.1, -0.05) is 20.8 Å². The van der Waals surface area contributed by atoms with Crippen molar-refractivity contribution in [3.8, 4) is 0 Å². The van der Waals surface area contributed by atoms with Crippen molar-refractivity contribution in [3.05, 3.63) is 39.5 Å². The second-order valence-electron chi connectivity index (χ2n) is 8.36. The number of aryl methyl sites for hydroxylation is 1. The van der Waals surface area contributed by atoms with Crippen molar-refractivity contribution in [2.45, 2.75) is 52.8 Å². The lowest BCUT2D eigenvalue weighted by Gasteiger charge is -2.30. The summed E-state index contributed by atoms with van der Waals surface area (Å²) in [6.45, 7) is 6.59. The van der Waals surface area contributed by atoms with Crippen LogP contribution in [0.25, 0.3) is 0 Å². The third kappa shape index (κ3) is 5.46. The first-order valence-corrected chi connectivity index (χ1v) is 10.1. The number of pyridine rings is 1. The number of nitrogens with one attached hydrogen (secondary N) is 1. The number of amides is 1. The molecule has 9 heteroatoms. The molecule has 0 unspecified atom stereocenters. The second-order valence-corrected chi connectivity index (χ2v) is 9.53. The summed E-state index contributed by atoms with van der Waals surface area (Å²) in [7, 11) is 0. The van der Waals surface area contributed by atoms with Gasteiger partial charge in [-0.05, 0) is 30.4 Å². The second kappa shape index (κ2) is 7.93. The van der Waals surface area contributed by atoms with E-state index in [-0.39, 0.29) is 30.1 Å². The van der Waals surface area contributed by atoms with Gasteiger partial charge in [0.05, 0.1) is 17.9 Å². The van der Waals surface area contributed by atoms with Gasteiger partial charge in [0.2, 0.25) is 5.91 Å². The summed E-state index contributed by atoms with van der Waals surface area (Å²) in [5, 5.41) is 2.53. The van der Waals surface area contributed by atoms with E-state index in [9.17, 15) is 22.4 Å². The Labute approximate surface area is 170 Å². The number of hydrogen-bond acceptors (Lipinski definition) is 4. The van der Waals surface area contributed by atoms with Crippen LogP contribution >= 0.6 is 11.3 Å². The molecule has 29 heavy (non-hydrogen) atoms. The number of nitrogens with zero attached hydrogens (tertiary/aromatic N) is 2. The number of carbonyl (C=O) groups is 1. The van der Waals surface area contributed by atoms with Crippen molar-refractivity contribution in [2.75, 3.05) is 16.8 Å². The van der Waals surface area contributed by atoms with Gasteiger partial charge in [0.15, 0.2) is 11.6 Å². The highest BCUT2D eigenvalue weighted by Crippen LogP contribution is 2.36. The molecule has 0 bridgehead atoms. The molecule has 0 aliphatic carbocycles. The summed E-state index contributed by atoms with van der Waals surface area (Å²) in [4.78, 5) is 18.1. The largest absolute Gasteiger partial charge is 0.425 e. The molecule has 1 aliphatic heterocycles. The molecular formula is C20H23F4N3OS. The summed E-state index contributed by atoms with van der Waals surface area (Å²) in [5.74, 6) is -1.06. The lowest BCUT2D eigenvalue weighted by molar-refractivity contribution is -0.134. The van der Waals surface area contributed by atoms with Crippen LogP contribution in [0.5, 0.6) is 0 Å². The summed E-state index contributed by atoms with van der Waals surface area (Å²) in [6.07, 6.45) is -2.77. The molecule has 1 aliphatic rings. The predicted molar refractivity (Wildman–Crippen MR) is 106 cm³/mol. The smallest absolute Gasteiger partial charge is 0.365 e. The van der Waals surface area contributed by atoms with Crippen LogP contribution in [0.2, 0.25) is 0 Å². The van der Waals surface area contributed by atoms with Crippen LogP contribution < -0.4 is 10.2 Å². The van der Waals surface area contributed by atoms with Gasteiger partial charge in [0.1, 0.15) is 4.88 Å². The van der Waals surface area contributed by atoms with Gasteiger partial charge in [-0.3, -0.25) is 4.79 Å². The summed E-state index contributed by atoms with van der Waals surface area (Å²) in [6, 6.07) is 3.83. The zero-order valence-corrected chi connectivity index (χ0v) is 17.3. The Morgan fingerprint density at radius 1 is 1.28 bits per heavy atom. The molecule has 4 nitrogen and oxygen atoms in total. The molecule has 0 fully saturated rings. The van der Waals surface area contributed by atoms with Crippen molar-refractivity contribution < 1.29 is 22.4 Å². The molecule has 0 aromatic carbocycles. The van der Waals surface area contributed by atoms with Crippen molar-refractivity contribution in [1.82, 2.24) is 4.98 Å². The van der Waals surface area contributed by atoms with E-state index in [1.54, 1.807) is 0 Å². The number of rotatable bonds is 4. The number of halogens is 4. The minimum Gasteiger partial charge on any atom is -0.365 e. The van der Waals surface area contributed by atoms with Crippen molar-refractivity contribution in [2.24, 2.45) is 5.41 Å². The van der Waals surface area contributed by atoms with Crippen molar-refractivity contribution >= 4 is 28.7 Å². The number of fused-ring (bicyclic) bond motifs is 1. The lowest BCUT2D eigenvalue weighted by atomic mass is 9.92. The molecule has 0 saturated heterocycles.